The van der Waals surface area contributed by atoms with E-state index in [1.807, 2.05) is 0 Å². The van der Waals surface area contributed by atoms with Gasteiger partial charge in [0.15, 0.2) is 0 Å². The quantitative estimate of drug-likeness (QED) is 0.341. The number of carbonyl (C=O) groups is 1. The molecule has 0 aliphatic carbocycles. The van der Waals surface area contributed by atoms with Crippen molar-refractivity contribution in [3.05, 3.63) is 0 Å². The summed E-state index contributed by atoms with van der Waals surface area (Å²) in [4.78, 5) is 10.3. The van der Waals surface area contributed by atoms with Gasteiger partial charge in [-0.2, -0.15) is 0 Å². The summed E-state index contributed by atoms with van der Waals surface area (Å²) in [7, 11) is 0. The molecule has 62 valence electrons. The second-order valence-electron chi connectivity index (χ2n) is 1.75. The van der Waals surface area contributed by atoms with Gasteiger partial charge in [0.25, 0.3) is 0 Å². The van der Waals surface area contributed by atoms with Crippen molar-refractivity contribution in [3.8, 4) is 0 Å². The Bertz CT molecular complexity index is 156. The van der Waals surface area contributed by atoms with Crippen molar-refractivity contribution in [2.45, 2.75) is 19.4 Å². The van der Waals surface area contributed by atoms with Gasteiger partial charge < -0.3 is 10.4 Å². The third-order valence-electron chi connectivity index (χ3n) is 1.00. The molecule has 0 spiro atoms. The van der Waals surface area contributed by atoms with Crippen molar-refractivity contribution >= 4 is 94.3 Å². The van der Waals surface area contributed by atoms with Crippen LogP contribution in [0.1, 0.15) is 13.3 Å². The predicted octanol–water partition coefficient (Wildman–Crippen LogP) is -0.643. The third kappa shape index (κ3) is 9.80. The molecule has 1 atom stereocenters. The number of hydrogen-bond acceptors (Lipinski definition) is 2. The maximum atomic E-state index is 10.3. The normalized spacial score (nSPS) is 10.2. The first kappa shape index (κ1) is 19.3. The van der Waals surface area contributed by atoms with E-state index in [0.717, 1.165) is 0 Å². The molecule has 0 aliphatic rings. The Kier molecular flexibility index (Phi) is 17.4. The van der Waals surface area contributed by atoms with Crippen LogP contribution < -0.4 is 5.32 Å². The van der Waals surface area contributed by atoms with Gasteiger partial charge in [0.1, 0.15) is 10.4 Å². The van der Waals surface area contributed by atoms with E-state index in [4.69, 9.17) is 5.11 Å². The van der Waals surface area contributed by atoms with E-state index < -0.39 is 12.0 Å². The minimum atomic E-state index is -0.904. The Balaban J connectivity index is -0.000000405. The molecule has 0 bridgehead atoms. The predicted molar refractivity (Wildman–Crippen MR) is 60.7 cm³/mol. The van der Waals surface area contributed by atoms with E-state index in [2.05, 4.69) is 30.2 Å². The molecule has 0 aromatic rings. The van der Waals surface area contributed by atoms with Gasteiger partial charge in [-0.1, -0.05) is 19.1 Å². The van der Waals surface area contributed by atoms with Gasteiger partial charge >= 0.3 is 65.1 Å². The zero-order valence-corrected chi connectivity index (χ0v) is 7.21. The van der Waals surface area contributed by atoms with E-state index in [0.29, 0.717) is 6.42 Å². The van der Waals surface area contributed by atoms with Crippen LogP contribution in [0.3, 0.4) is 0 Å². The second-order valence-corrected chi connectivity index (χ2v) is 2.91. The Morgan fingerprint density at radius 3 is 2.17 bits per heavy atom. The molecular weight excluding hydrogens is 216 g/mol. The van der Waals surface area contributed by atoms with Crippen LogP contribution in [0.5, 0.6) is 0 Å². The Labute approximate surface area is 127 Å². The van der Waals surface area contributed by atoms with E-state index in [1.165, 1.54) is 0 Å². The minimum absolute atomic E-state index is 0. The second kappa shape index (κ2) is 10.8. The first-order valence-corrected chi connectivity index (χ1v) is 3.65. The fraction of sp³-hybridized carbons (Fsp3) is 0.600. The molecule has 0 radical (unpaired) electrons. The molecule has 0 amide bonds. The standard InChI is InChI=1S/C5H9NO2S2.2Na.2H/c1-2-3(4(7)8)6-5(9)10;;;;/h3H,2H2,1H3,(H,7,8)(H2,6,9,10);;;;. The molecule has 0 aliphatic heterocycles. The number of hydrogen-bond donors (Lipinski definition) is 3. The summed E-state index contributed by atoms with van der Waals surface area (Å²) in [5, 5.41) is 11.0. The zero-order chi connectivity index (χ0) is 8.15. The molecule has 3 nitrogen and oxygen atoms in total. The van der Waals surface area contributed by atoms with Crippen molar-refractivity contribution < 1.29 is 9.90 Å². The number of carboxylic acids is 1. The average molecular weight is 227 g/mol. The first-order chi connectivity index (χ1) is 4.57. The summed E-state index contributed by atoms with van der Waals surface area (Å²) in [5.74, 6) is -0.904. The topological polar surface area (TPSA) is 49.3 Å². The van der Waals surface area contributed by atoms with Crippen molar-refractivity contribution in [2.75, 3.05) is 0 Å². The van der Waals surface area contributed by atoms with E-state index in [9.17, 15) is 4.79 Å². The fourth-order valence-electron chi connectivity index (χ4n) is 0.487. The zero-order valence-electron chi connectivity index (χ0n) is 5.50. The van der Waals surface area contributed by atoms with Gasteiger partial charge in [-0.05, 0) is 6.42 Å². The molecule has 0 saturated heterocycles. The van der Waals surface area contributed by atoms with Crippen LogP contribution in [0, 0.1) is 0 Å². The summed E-state index contributed by atoms with van der Waals surface area (Å²) < 4.78 is 0.217. The van der Waals surface area contributed by atoms with Gasteiger partial charge in [-0.15, -0.1) is 12.6 Å². The molecule has 12 heavy (non-hydrogen) atoms. The van der Waals surface area contributed by atoms with Crippen LogP contribution in [-0.2, 0) is 4.79 Å². The molecule has 1 unspecified atom stereocenters. The molecule has 0 aromatic heterocycles. The summed E-state index contributed by atoms with van der Waals surface area (Å²) in [5.41, 5.74) is 0. The number of rotatable bonds is 3. The van der Waals surface area contributed by atoms with Crippen LogP contribution >= 0.6 is 24.8 Å². The van der Waals surface area contributed by atoms with Crippen LogP contribution in [0.4, 0.5) is 0 Å². The van der Waals surface area contributed by atoms with E-state index in [-0.39, 0.29) is 63.4 Å². The fourth-order valence-corrected chi connectivity index (χ4v) is 0.786. The average Bonchev–Trinajstić information content (AvgIpc) is 1.81. The molecule has 0 aromatic carbocycles. The van der Waals surface area contributed by atoms with E-state index in [1.54, 1.807) is 6.92 Å². The number of thiol groups is 1. The molecule has 0 saturated carbocycles. The summed E-state index contributed by atoms with van der Waals surface area (Å²) in [6, 6.07) is -0.606. The van der Waals surface area contributed by atoms with Gasteiger partial charge in [0.2, 0.25) is 0 Å². The van der Waals surface area contributed by atoms with Crippen molar-refractivity contribution in [2.24, 2.45) is 0 Å². The first-order valence-electron chi connectivity index (χ1n) is 2.80. The molecule has 0 rings (SSSR count). The van der Waals surface area contributed by atoms with Crippen molar-refractivity contribution in [1.82, 2.24) is 5.32 Å². The van der Waals surface area contributed by atoms with Gasteiger partial charge in [0.05, 0.1) is 0 Å². The molecule has 0 fully saturated rings. The van der Waals surface area contributed by atoms with Crippen molar-refractivity contribution in [3.63, 3.8) is 0 Å². The monoisotopic (exact) mass is 227 g/mol. The Hall–Kier alpha value is 1.71. The van der Waals surface area contributed by atoms with Crippen LogP contribution in [0.2, 0.25) is 0 Å². The van der Waals surface area contributed by atoms with Gasteiger partial charge in [0, 0.05) is 0 Å². The molecule has 7 heteroatoms. The molecule has 2 N–H and O–H groups in total. The van der Waals surface area contributed by atoms with Crippen molar-refractivity contribution in [1.29, 1.82) is 0 Å². The van der Waals surface area contributed by atoms with Gasteiger partial charge in [-0.25, -0.2) is 4.79 Å². The molecular formula is C5H11NNa2O2S2. The number of aliphatic carboxylic acids is 1. The van der Waals surface area contributed by atoms with Gasteiger partial charge in [-0.3, -0.25) is 0 Å². The van der Waals surface area contributed by atoms with Crippen LogP contribution in [0.25, 0.3) is 0 Å². The van der Waals surface area contributed by atoms with Crippen LogP contribution in [0.15, 0.2) is 0 Å². The SMILES string of the molecule is CCC(NC(=S)S)C(=O)O.[NaH].[NaH]. The number of thiocarbonyl (C=S) groups is 1. The third-order valence-corrected chi connectivity index (χ3v) is 1.25. The number of carboxylic acid groups (broad SMARTS) is 1. The van der Waals surface area contributed by atoms with Crippen LogP contribution in [-0.4, -0.2) is 80.6 Å². The molecule has 0 heterocycles. The Morgan fingerprint density at radius 2 is 2.08 bits per heavy atom. The summed E-state index contributed by atoms with van der Waals surface area (Å²) in [6.45, 7) is 1.76. The Morgan fingerprint density at radius 1 is 1.67 bits per heavy atom. The summed E-state index contributed by atoms with van der Waals surface area (Å²) >= 11 is 8.29. The maximum absolute atomic E-state index is 10.3. The number of nitrogens with one attached hydrogen (secondary N) is 1. The van der Waals surface area contributed by atoms with E-state index >= 15 is 0 Å². The summed E-state index contributed by atoms with van der Waals surface area (Å²) in [6.07, 6.45) is 0.496.